The van der Waals surface area contributed by atoms with Crippen molar-refractivity contribution in [2.24, 2.45) is 0 Å². The summed E-state index contributed by atoms with van der Waals surface area (Å²) in [6, 6.07) is 10.5. The van der Waals surface area contributed by atoms with Crippen LogP contribution in [0.3, 0.4) is 0 Å². The molecule has 1 N–H and O–H groups in total. The summed E-state index contributed by atoms with van der Waals surface area (Å²) in [4.78, 5) is 0. The Hall–Kier alpha value is -1.79. The number of sulfone groups is 1. The van der Waals surface area contributed by atoms with Crippen molar-refractivity contribution in [1.82, 2.24) is 0 Å². The van der Waals surface area contributed by atoms with Gasteiger partial charge in [-0.25, -0.2) is 17.2 Å². The van der Waals surface area contributed by atoms with E-state index in [4.69, 9.17) is 0 Å². The molecule has 0 heterocycles. The number of aliphatic hydroxyl groups excluding tert-OH is 1. The van der Waals surface area contributed by atoms with E-state index in [1.54, 1.807) is 0 Å². The van der Waals surface area contributed by atoms with Crippen molar-refractivity contribution in [2.75, 3.05) is 5.75 Å². The first-order chi connectivity index (χ1) is 9.87. The van der Waals surface area contributed by atoms with Crippen molar-refractivity contribution in [3.8, 4) is 0 Å². The lowest BCUT2D eigenvalue weighted by Gasteiger charge is -2.12. The lowest BCUT2D eigenvalue weighted by Crippen LogP contribution is -2.17. The molecule has 2 aromatic carbocycles. The van der Waals surface area contributed by atoms with E-state index in [0.29, 0.717) is 5.56 Å². The molecule has 0 saturated heterocycles. The van der Waals surface area contributed by atoms with E-state index in [-0.39, 0.29) is 11.3 Å². The van der Waals surface area contributed by atoms with Gasteiger partial charge in [0.2, 0.25) is 0 Å². The van der Waals surface area contributed by atoms with Crippen molar-refractivity contribution in [3.05, 3.63) is 71.3 Å². The second kappa shape index (κ2) is 6.32. The molecule has 2 aromatic rings. The molecule has 1 unspecified atom stereocenters. The fourth-order valence-electron chi connectivity index (χ4n) is 1.97. The molecule has 0 spiro atoms. The van der Waals surface area contributed by atoms with Crippen LogP contribution in [0.5, 0.6) is 0 Å². The van der Waals surface area contributed by atoms with Crippen LogP contribution in [0.1, 0.15) is 17.2 Å². The standard InChI is InChI=1S/C15H14F2O3S/c16-12-7-5-11(6-8-12)9-21(19,20)10-15(18)13-3-1-2-4-14(13)17/h1-8,15,18H,9-10H2. The molecule has 0 bridgehead atoms. The lowest BCUT2D eigenvalue weighted by molar-refractivity contribution is 0.196. The normalized spacial score (nSPS) is 13.1. The van der Waals surface area contributed by atoms with E-state index >= 15 is 0 Å². The van der Waals surface area contributed by atoms with Gasteiger partial charge in [-0.3, -0.25) is 0 Å². The highest BCUT2D eigenvalue weighted by Crippen LogP contribution is 2.20. The number of hydrogen-bond acceptors (Lipinski definition) is 3. The summed E-state index contributed by atoms with van der Waals surface area (Å²) in [5, 5.41) is 9.88. The molecule has 0 fully saturated rings. The smallest absolute Gasteiger partial charge is 0.157 e. The summed E-state index contributed by atoms with van der Waals surface area (Å²) in [7, 11) is -3.65. The molecule has 21 heavy (non-hydrogen) atoms. The summed E-state index contributed by atoms with van der Waals surface area (Å²) in [6.45, 7) is 0. The molecule has 112 valence electrons. The predicted molar refractivity (Wildman–Crippen MR) is 75.3 cm³/mol. The Morgan fingerprint density at radius 2 is 1.62 bits per heavy atom. The van der Waals surface area contributed by atoms with Gasteiger partial charge in [0.1, 0.15) is 11.6 Å². The van der Waals surface area contributed by atoms with Gasteiger partial charge in [0.25, 0.3) is 0 Å². The van der Waals surface area contributed by atoms with Gasteiger partial charge in [-0.15, -0.1) is 0 Å². The molecular formula is C15H14F2O3S. The Morgan fingerprint density at radius 1 is 1.00 bits per heavy atom. The van der Waals surface area contributed by atoms with Crippen LogP contribution in [0.2, 0.25) is 0 Å². The number of halogens is 2. The second-order valence-electron chi connectivity index (χ2n) is 4.72. The molecule has 0 aliphatic heterocycles. The topological polar surface area (TPSA) is 54.4 Å². The van der Waals surface area contributed by atoms with Gasteiger partial charge >= 0.3 is 0 Å². The van der Waals surface area contributed by atoms with E-state index < -0.39 is 33.3 Å². The average molecular weight is 312 g/mol. The highest BCUT2D eigenvalue weighted by Gasteiger charge is 2.21. The maximum atomic E-state index is 13.5. The van der Waals surface area contributed by atoms with Crippen LogP contribution in [0.15, 0.2) is 48.5 Å². The van der Waals surface area contributed by atoms with Gasteiger partial charge in [-0.1, -0.05) is 30.3 Å². The molecule has 3 nitrogen and oxygen atoms in total. The summed E-state index contributed by atoms with van der Waals surface area (Å²) in [5.74, 6) is -2.03. The van der Waals surface area contributed by atoms with Crippen LogP contribution in [0.4, 0.5) is 8.78 Å². The molecule has 0 aromatic heterocycles. The number of aliphatic hydroxyl groups is 1. The fraction of sp³-hybridized carbons (Fsp3) is 0.200. The zero-order valence-corrected chi connectivity index (χ0v) is 11.9. The fourth-order valence-corrected chi connectivity index (χ4v) is 3.45. The summed E-state index contributed by atoms with van der Waals surface area (Å²) < 4.78 is 50.3. The monoisotopic (exact) mass is 312 g/mol. The van der Waals surface area contributed by atoms with Crippen LogP contribution in [0.25, 0.3) is 0 Å². The third-order valence-electron chi connectivity index (χ3n) is 2.98. The average Bonchev–Trinajstić information content (AvgIpc) is 2.41. The number of rotatable bonds is 5. The first-order valence-corrected chi connectivity index (χ1v) is 8.07. The van der Waals surface area contributed by atoms with E-state index in [1.807, 2.05) is 0 Å². The maximum Gasteiger partial charge on any atom is 0.157 e. The Kier molecular flexibility index (Phi) is 4.69. The summed E-state index contributed by atoms with van der Waals surface area (Å²) in [6.07, 6.45) is -1.43. The SMILES string of the molecule is O=S(=O)(Cc1ccc(F)cc1)CC(O)c1ccccc1F. The molecule has 0 aliphatic carbocycles. The van der Waals surface area contributed by atoms with Crippen molar-refractivity contribution in [1.29, 1.82) is 0 Å². The van der Waals surface area contributed by atoms with E-state index in [0.717, 1.165) is 18.2 Å². The molecule has 0 saturated carbocycles. The Balaban J connectivity index is 2.10. The van der Waals surface area contributed by atoms with E-state index in [1.165, 1.54) is 30.3 Å². The van der Waals surface area contributed by atoms with Crippen molar-refractivity contribution in [3.63, 3.8) is 0 Å². The summed E-state index contributed by atoms with van der Waals surface area (Å²) >= 11 is 0. The first kappa shape index (κ1) is 15.6. The Morgan fingerprint density at radius 3 is 2.24 bits per heavy atom. The zero-order chi connectivity index (χ0) is 15.5. The molecule has 1 atom stereocenters. The number of benzene rings is 2. The van der Waals surface area contributed by atoms with Crippen LogP contribution in [-0.4, -0.2) is 19.3 Å². The van der Waals surface area contributed by atoms with E-state index in [2.05, 4.69) is 0 Å². The Bertz CT molecular complexity index is 712. The van der Waals surface area contributed by atoms with Gasteiger partial charge in [-0.2, -0.15) is 0 Å². The van der Waals surface area contributed by atoms with Crippen LogP contribution >= 0.6 is 0 Å². The Labute approximate surface area is 121 Å². The third-order valence-corrected chi connectivity index (χ3v) is 4.57. The molecule has 0 radical (unpaired) electrons. The minimum atomic E-state index is -3.65. The lowest BCUT2D eigenvalue weighted by atomic mass is 10.1. The third kappa shape index (κ3) is 4.34. The van der Waals surface area contributed by atoms with Gasteiger partial charge in [0.05, 0.1) is 17.6 Å². The van der Waals surface area contributed by atoms with Gasteiger partial charge in [0, 0.05) is 5.56 Å². The minimum Gasteiger partial charge on any atom is -0.387 e. The molecule has 0 amide bonds. The largest absolute Gasteiger partial charge is 0.387 e. The molecule has 0 aliphatic rings. The predicted octanol–water partition coefficient (Wildman–Crippen LogP) is 2.61. The van der Waals surface area contributed by atoms with E-state index in [9.17, 15) is 22.3 Å². The van der Waals surface area contributed by atoms with Crippen LogP contribution in [0, 0.1) is 11.6 Å². The highest BCUT2D eigenvalue weighted by molar-refractivity contribution is 7.90. The van der Waals surface area contributed by atoms with Crippen molar-refractivity contribution in [2.45, 2.75) is 11.9 Å². The highest BCUT2D eigenvalue weighted by atomic mass is 32.2. The zero-order valence-electron chi connectivity index (χ0n) is 11.0. The molecular weight excluding hydrogens is 298 g/mol. The number of hydrogen-bond donors (Lipinski definition) is 1. The second-order valence-corrected chi connectivity index (χ2v) is 6.83. The molecule has 6 heteroatoms. The van der Waals surface area contributed by atoms with Crippen molar-refractivity contribution < 1.29 is 22.3 Å². The minimum absolute atomic E-state index is 0.0554. The van der Waals surface area contributed by atoms with Crippen LogP contribution in [-0.2, 0) is 15.6 Å². The van der Waals surface area contributed by atoms with Gasteiger partial charge in [0.15, 0.2) is 9.84 Å². The van der Waals surface area contributed by atoms with Crippen molar-refractivity contribution >= 4 is 9.84 Å². The van der Waals surface area contributed by atoms with Gasteiger partial charge < -0.3 is 5.11 Å². The molecule has 2 rings (SSSR count). The first-order valence-electron chi connectivity index (χ1n) is 6.25. The van der Waals surface area contributed by atoms with Crippen LogP contribution < -0.4 is 0 Å². The van der Waals surface area contributed by atoms with Gasteiger partial charge in [-0.05, 0) is 23.8 Å². The summed E-state index contributed by atoms with van der Waals surface area (Å²) in [5.41, 5.74) is 0.359. The maximum absolute atomic E-state index is 13.5. The quantitative estimate of drug-likeness (QED) is 0.923.